The zero-order valence-electron chi connectivity index (χ0n) is 10.1. The van der Waals surface area contributed by atoms with Crippen LogP contribution in [0.25, 0.3) is 0 Å². The summed E-state index contributed by atoms with van der Waals surface area (Å²) >= 11 is 0. The number of hydrogen-bond donors (Lipinski definition) is 2. The number of esters is 1. The summed E-state index contributed by atoms with van der Waals surface area (Å²) < 4.78 is 4.56. The number of hydrazone groups is 1. The van der Waals surface area contributed by atoms with Gasteiger partial charge in [0.2, 0.25) is 0 Å². The fourth-order valence-corrected chi connectivity index (χ4v) is 1.09. The maximum atomic E-state index is 11.2. The van der Waals surface area contributed by atoms with Gasteiger partial charge in [0, 0.05) is 0 Å². The fraction of sp³-hybridized carbons (Fsp3) is 0.250. The topological polar surface area (TPSA) is 88.0 Å². The molecule has 0 saturated carbocycles. The lowest BCUT2D eigenvalue weighted by atomic mass is 10.1. The Bertz CT molecular complexity index is 452. The first kappa shape index (κ1) is 13.9. The number of rotatable bonds is 4. The van der Waals surface area contributed by atoms with E-state index in [0.717, 1.165) is 0 Å². The number of aliphatic hydroxyl groups excluding tert-OH is 1. The van der Waals surface area contributed by atoms with Gasteiger partial charge in [-0.1, -0.05) is 12.1 Å². The zero-order valence-corrected chi connectivity index (χ0v) is 10.1. The standard InChI is InChI=1S/C12H14N2O4/c1-8(15)11(16)14-13-7-9-3-5-10(6-4-9)12(17)18-2/h3-8,15H,1-2H3,(H,14,16)/b13-7-/t8-/m0/s1. The molecule has 0 spiro atoms. The molecule has 0 aliphatic rings. The predicted molar refractivity (Wildman–Crippen MR) is 65.2 cm³/mol. The molecule has 0 heterocycles. The van der Waals surface area contributed by atoms with Crippen LogP contribution in [-0.4, -0.2) is 36.4 Å². The third kappa shape index (κ3) is 3.99. The highest BCUT2D eigenvalue weighted by molar-refractivity contribution is 5.90. The molecule has 0 radical (unpaired) electrons. The summed E-state index contributed by atoms with van der Waals surface area (Å²) in [4.78, 5) is 22.1. The van der Waals surface area contributed by atoms with Crippen LogP contribution in [0.15, 0.2) is 29.4 Å². The molecule has 6 heteroatoms. The van der Waals surface area contributed by atoms with Crippen LogP contribution in [-0.2, 0) is 9.53 Å². The van der Waals surface area contributed by atoms with E-state index in [-0.39, 0.29) is 0 Å². The number of ether oxygens (including phenoxy) is 1. The minimum Gasteiger partial charge on any atom is -0.465 e. The zero-order chi connectivity index (χ0) is 13.5. The first-order valence-corrected chi connectivity index (χ1v) is 5.24. The molecule has 1 rings (SSSR count). The van der Waals surface area contributed by atoms with Crippen LogP contribution in [0.1, 0.15) is 22.8 Å². The molecule has 1 atom stereocenters. The Morgan fingerprint density at radius 3 is 2.50 bits per heavy atom. The van der Waals surface area contributed by atoms with Gasteiger partial charge in [-0.2, -0.15) is 5.10 Å². The second-order valence-electron chi connectivity index (χ2n) is 3.52. The van der Waals surface area contributed by atoms with E-state index in [1.165, 1.54) is 20.2 Å². The van der Waals surface area contributed by atoms with Crippen molar-refractivity contribution in [3.05, 3.63) is 35.4 Å². The number of hydrogen-bond acceptors (Lipinski definition) is 5. The minimum absolute atomic E-state index is 0.416. The number of nitrogens with one attached hydrogen (secondary N) is 1. The second-order valence-corrected chi connectivity index (χ2v) is 3.52. The van der Waals surface area contributed by atoms with Crippen LogP contribution in [0.4, 0.5) is 0 Å². The van der Waals surface area contributed by atoms with Gasteiger partial charge < -0.3 is 9.84 Å². The van der Waals surface area contributed by atoms with Crippen molar-refractivity contribution in [1.29, 1.82) is 0 Å². The first-order valence-electron chi connectivity index (χ1n) is 5.24. The summed E-state index contributed by atoms with van der Waals surface area (Å²) in [6.45, 7) is 1.34. The molecule has 0 fully saturated rings. The van der Waals surface area contributed by atoms with Crippen LogP contribution in [0.2, 0.25) is 0 Å². The van der Waals surface area contributed by atoms with E-state index in [9.17, 15) is 9.59 Å². The number of benzene rings is 1. The van der Waals surface area contributed by atoms with Gasteiger partial charge in [0.25, 0.3) is 5.91 Å². The van der Waals surface area contributed by atoms with Crippen LogP contribution in [0.3, 0.4) is 0 Å². The van der Waals surface area contributed by atoms with Crippen molar-refractivity contribution in [3.8, 4) is 0 Å². The van der Waals surface area contributed by atoms with Gasteiger partial charge in [-0.15, -0.1) is 0 Å². The maximum Gasteiger partial charge on any atom is 0.337 e. The number of amides is 1. The highest BCUT2D eigenvalue weighted by Gasteiger charge is 2.06. The average molecular weight is 250 g/mol. The molecule has 0 saturated heterocycles. The van der Waals surface area contributed by atoms with Gasteiger partial charge >= 0.3 is 5.97 Å². The van der Waals surface area contributed by atoms with Crippen molar-refractivity contribution in [2.45, 2.75) is 13.0 Å². The Balaban J connectivity index is 2.61. The van der Waals surface area contributed by atoms with Gasteiger partial charge in [-0.3, -0.25) is 4.79 Å². The summed E-state index contributed by atoms with van der Waals surface area (Å²) in [6, 6.07) is 6.49. The first-order chi connectivity index (χ1) is 8.54. The molecular formula is C12H14N2O4. The summed E-state index contributed by atoms with van der Waals surface area (Å²) in [7, 11) is 1.31. The molecular weight excluding hydrogens is 236 g/mol. The van der Waals surface area contributed by atoms with Gasteiger partial charge in [0.15, 0.2) is 0 Å². The van der Waals surface area contributed by atoms with Crippen molar-refractivity contribution in [3.63, 3.8) is 0 Å². The van der Waals surface area contributed by atoms with Crippen molar-refractivity contribution in [2.75, 3.05) is 7.11 Å². The third-order valence-corrected chi connectivity index (χ3v) is 2.10. The molecule has 0 unspecified atom stereocenters. The van der Waals surface area contributed by atoms with Gasteiger partial charge in [-0.25, -0.2) is 10.2 Å². The van der Waals surface area contributed by atoms with Crippen LogP contribution < -0.4 is 5.43 Å². The molecule has 18 heavy (non-hydrogen) atoms. The number of methoxy groups -OCH3 is 1. The molecule has 6 nitrogen and oxygen atoms in total. The van der Waals surface area contributed by atoms with Crippen molar-refractivity contribution < 1.29 is 19.4 Å². The van der Waals surface area contributed by atoms with Crippen LogP contribution >= 0.6 is 0 Å². The number of carbonyl (C=O) groups is 2. The molecule has 96 valence electrons. The van der Waals surface area contributed by atoms with E-state index < -0.39 is 18.0 Å². The Morgan fingerprint density at radius 2 is 2.00 bits per heavy atom. The van der Waals surface area contributed by atoms with E-state index >= 15 is 0 Å². The summed E-state index contributed by atoms with van der Waals surface area (Å²) in [5.74, 6) is -1.00. The normalized spacial score (nSPS) is 12.2. The molecule has 1 amide bonds. The Kier molecular flexibility index (Phi) is 5.01. The van der Waals surface area contributed by atoms with Gasteiger partial charge in [0.1, 0.15) is 6.10 Å². The lowest BCUT2D eigenvalue weighted by Gasteiger charge is -2.01. The lowest BCUT2D eigenvalue weighted by molar-refractivity contribution is -0.128. The second kappa shape index (κ2) is 6.51. The van der Waals surface area contributed by atoms with Crippen molar-refractivity contribution >= 4 is 18.1 Å². The molecule has 0 bridgehead atoms. The Hall–Kier alpha value is -2.21. The molecule has 0 aliphatic carbocycles. The van der Waals surface area contributed by atoms with Crippen LogP contribution in [0, 0.1) is 0 Å². The van der Waals surface area contributed by atoms with Gasteiger partial charge in [0.05, 0.1) is 18.9 Å². The molecule has 2 N–H and O–H groups in total. The van der Waals surface area contributed by atoms with Gasteiger partial charge in [-0.05, 0) is 24.6 Å². The minimum atomic E-state index is -1.11. The lowest BCUT2D eigenvalue weighted by Crippen LogP contribution is -2.28. The van der Waals surface area contributed by atoms with E-state index in [2.05, 4.69) is 15.3 Å². The molecule has 1 aromatic carbocycles. The summed E-state index contributed by atoms with van der Waals surface area (Å²) in [5, 5.41) is 12.6. The Labute approximate surface area is 104 Å². The fourth-order valence-electron chi connectivity index (χ4n) is 1.09. The van der Waals surface area contributed by atoms with E-state index in [1.54, 1.807) is 24.3 Å². The SMILES string of the molecule is COC(=O)c1ccc(/C=N\NC(=O)[C@H](C)O)cc1. The monoisotopic (exact) mass is 250 g/mol. The summed E-state index contributed by atoms with van der Waals surface area (Å²) in [6.07, 6.45) is 0.297. The van der Waals surface area contributed by atoms with Crippen molar-refractivity contribution in [2.24, 2.45) is 5.10 Å². The van der Waals surface area contributed by atoms with E-state index in [4.69, 9.17) is 5.11 Å². The maximum absolute atomic E-state index is 11.2. The van der Waals surface area contributed by atoms with E-state index in [0.29, 0.717) is 11.1 Å². The highest BCUT2D eigenvalue weighted by atomic mass is 16.5. The summed E-state index contributed by atoms with van der Waals surface area (Å²) in [5.41, 5.74) is 3.30. The molecule has 0 aromatic heterocycles. The molecule has 1 aromatic rings. The number of carbonyl (C=O) groups excluding carboxylic acids is 2. The van der Waals surface area contributed by atoms with Crippen LogP contribution in [0.5, 0.6) is 0 Å². The highest BCUT2D eigenvalue weighted by Crippen LogP contribution is 2.03. The smallest absolute Gasteiger partial charge is 0.337 e. The number of aliphatic hydroxyl groups is 1. The number of nitrogens with zero attached hydrogens (tertiary/aromatic N) is 1. The average Bonchev–Trinajstić information content (AvgIpc) is 2.38. The largest absolute Gasteiger partial charge is 0.465 e. The van der Waals surface area contributed by atoms with E-state index in [1.807, 2.05) is 0 Å². The third-order valence-electron chi connectivity index (χ3n) is 2.10. The van der Waals surface area contributed by atoms with Crippen molar-refractivity contribution in [1.82, 2.24) is 5.43 Å². The quantitative estimate of drug-likeness (QED) is 0.457. The molecule has 0 aliphatic heterocycles. The predicted octanol–water partition coefficient (Wildman–Crippen LogP) is 0.304. The Morgan fingerprint density at radius 1 is 1.39 bits per heavy atom.